The van der Waals surface area contributed by atoms with Gasteiger partial charge in [0, 0.05) is 0 Å². The van der Waals surface area contributed by atoms with E-state index in [1.54, 1.807) is 0 Å². The molecule has 0 aliphatic heterocycles. The average Bonchev–Trinajstić information content (AvgIpc) is 2.38. The van der Waals surface area contributed by atoms with E-state index in [0.29, 0.717) is 0 Å². The van der Waals surface area contributed by atoms with E-state index in [4.69, 9.17) is 0 Å². The van der Waals surface area contributed by atoms with Crippen LogP contribution in [0.3, 0.4) is 0 Å². The summed E-state index contributed by atoms with van der Waals surface area (Å²) in [5, 5.41) is 9.43. The molecule has 0 saturated carbocycles. The third-order valence-electron chi connectivity index (χ3n) is 2.79. The lowest BCUT2D eigenvalue weighted by atomic mass is 10.1. The number of carbonyl (C=O) groups excluding carboxylic acids is 1. The summed E-state index contributed by atoms with van der Waals surface area (Å²) in [6.07, 6.45) is -5.31. The standard InChI is InChI=1S/C12H14F3NO4S/c1-3-21(19,20)16(9-7-5-4-6-8-9)10(17)11(2,18)12(13,14)15/h4-8,18H,3H2,1-2H3. The second-order valence-electron chi connectivity index (χ2n) is 4.38. The van der Waals surface area contributed by atoms with Crippen molar-refractivity contribution in [2.24, 2.45) is 0 Å². The Balaban J connectivity index is 3.45. The molecule has 9 heteroatoms. The lowest BCUT2D eigenvalue weighted by molar-refractivity contribution is -0.243. The Labute approximate surface area is 120 Å². The van der Waals surface area contributed by atoms with Gasteiger partial charge in [-0.25, -0.2) is 12.7 Å². The van der Waals surface area contributed by atoms with E-state index in [0.717, 1.165) is 12.1 Å². The molecule has 1 unspecified atom stereocenters. The van der Waals surface area contributed by atoms with Gasteiger partial charge in [-0.2, -0.15) is 13.2 Å². The molecule has 0 aliphatic rings. The van der Waals surface area contributed by atoms with Crippen LogP contribution in [0.2, 0.25) is 0 Å². The molecule has 1 amide bonds. The van der Waals surface area contributed by atoms with Crippen LogP contribution in [0.25, 0.3) is 0 Å². The highest BCUT2D eigenvalue weighted by molar-refractivity contribution is 7.93. The van der Waals surface area contributed by atoms with Gasteiger partial charge >= 0.3 is 6.18 Å². The van der Waals surface area contributed by atoms with Gasteiger partial charge in [-0.1, -0.05) is 18.2 Å². The number of benzene rings is 1. The lowest BCUT2D eigenvalue weighted by Crippen LogP contribution is -2.57. The number of rotatable bonds is 4. The highest BCUT2D eigenvalue weighted by atomic mass is 32.2. The fourth-order valence-electron chi connectivity index (χ4n) is 1.42. The second kappa shape index (κ2) is 5.64. The first-order chi connectivity index (χ1) is 9.45. The fourth-order valence-corrected chi connectivity index (χ4v) is 2.55. The molecule has 0 saturated heterocycles. The van der Waals surface area contributed by atoms with E-state index < -0.39 is 33.5 Å². The minimum Gasteiger partial charge on any atom is -0.373 e. The molecular weight excluding hydrogens is 311 g/mol. The van der Waals surface area contributed by atoms with Gasteiger partial charge in [-0.3, -0.25) is 4.79 Å². The molecule has 0 bridgehead atoms. The molecule has 21 heavy (non-hydrogen) atoms. The third kappa shape index (κ3) is 3.35. The number of alkyl halides is 3. The van der Waals surface area contributed by atoms with Crippen LogP contribution in [0.5, 0.6) is 0 Å². The van der Waals surface area contributed by atoms with Gasteiger partial charge in [0.15, 0.2) is 0 Å². The van der Waals surface area contributed by atoms with Gasteiger partial charge in [-0.15, -0.1) is 0 Å². The maximum Gasteiger partial charge on any atom is 0.426 e. The van der Waals surface area contributed by atoms with Crippen molar-refractivity contribution in [3.63, 3.8) is 0 Å². The molecule has 1 N–H and O–H groups in total. The first-order valence-electron chi connectivity index (χ1n) is 5.86. The zero-order valence-corrected chi connectivity index (χ0v) is 12.1. The molecule has 118 valence electrons. The summed E-state index contributed by atoms with van der Waals surface area (Å²) in [6.45, 7) is 1.40. The van der Waals surface area contributed by atoms with Gasteiger partial charge in [0.25, 0.3) is 5.91 Å². The van der Waals surface area contributed by atoms with Crippen LogP contribution >= 0.6 is 0 Å². The number of anilines is 1. The molecule has 1 aromatic rings. The molecule has 0 aliphatic carbocycles. The molecule has 0 spiro atoms. The van der Waals surface area contributed by atoms with Crippen LogP contribution in [0.15, 0.2) is 30.3 Å². The molecule has 0 heterocycles. The van der Waals surface area contributed by atoms with Gasteiger partial charge in [-0.05, 0) is 26.0 Å². The van der Waals surface area contributed by atoms with E-state index >= 15 is 0 Å². The van der Waals surface area contributed by atoms with E-state index in [2.05, 4.69) is 0 Å². The monoisotopic (exact) mass is 325 g/mol. The lowest BCUT2D eigenvalue weighted by Gasteiger charge is -2.31. The van der Waals surface area contributed by atoms with Crippen LogP contribution in [0, 0.1) is 0 Å². The number of sulfonamides is 1. The Morgan fingerprint density at radius 2 is 1.71 bits per heavy atom. The van der Waals surface area contributed by atoms with Gasteiger partial charge in [0.1, 0.15) is 0 Å². The highest BCUT2D eigenvalue weighted by Gasteiger charge is 2.58. The summed E-state index contributed by atoms with van der Waals surface area (Å²) in [5.74, 6) is -2.57. The number of aliphatic hydroxyl groups is 1. The van der Waals surface area contributed by atoms with Crippen molar-refractivity contribution in [3.8, 4) is 0 Å². The van der Waals surface area contributed by atoms with Crippen LogP contribution in [-0.2, 0) is 14.8 Å². The number of carbonyl (C=O) groups is 1. The van der Waals surface area contributed by atoms with Crippen molar-refractivity contribution < 1.29 is 31.5 Å². The summed E-state index contributed by atoms with van der Waals surface area (Å²) < 4.78 is 62.1. The normalized spacial score (nSPS) is 15.3. The number of nitrogens with zero attached hydrogens (tertiary/aromatic N) is 1. The molecule has 1 atom stereocenters. The first kappa shape index (κ1) is 17.4. The summed E-state index contributed by atoms with van der Waals surface area (Å²) in [7, 11) is -4.33. The zero-order chi connectivity index (χ0) is 16.5. The second-order valence-corrected chi connectivity index (χ2v) is 6.48. The van der Waals surface area contributed by atoms with E-state index in [-0.39, 0.29) is 16.9 Å². The summed E-state index contributed by atoms with van der Waals surface area (Å²) in [6, 6.07) is 6.56. The van der Waals surface area contributed by atoms with Crippen molar-refractivity contribution in [2.45, 2.75) is 25.6 Å². The predicted molar refractivity (Wildman–Crippen MR) is 70.1 cm³/mol. The number of halogens is 3. The molecule has 0 aromatic heterocycles. The number of hydrogen-bond donors (Lipinski definition) is 1. The minimum absolute atomic E-state index is 0.0134. The maximum absolute atomic E-state index is 12.8. The molecule has 5 nitrogen and oxygen atoms in total. The Bertz CT molecular complexity index is 611. The molecule has 0 radical (unpaired) electrons. The predicted octanol–water partition coefficient (Wildman–Crippen LogP) is 1.68. The number of amides is 1. The van der Waals surface area contributed by atoms with Crippen molar-refractivity contribution in [3.05, 3.63) is 30.3 Å². The van der Waals surface area contributed by atoms with Crippen LogP contribution < -0.4 is 4.31 Å². The van der Waals surface area contributed by atoms with Crippen LogP contribution in [0.1, 0.15) is 13.8 Å². The van der Waals surface area contributed by atoms with Gasteiger partial charge in [0.05, 0.1) is 11.4 Å². The topological polar surface area (TPSA) is 74.7 Å². The zero-order valence-electron chi connectivity index (χ0n) is 11.3. The van der Waals surface area contributed by atoms with Crippen molar-refractivity contribution in [1.29, 1.82) is 0 Å². The highest BCUT2D eigenvalue weighted by Crippen LogP contribution is 2.34. The average molecular weight is 325 g/mol. The Kier molecular flexibility index (Phi) is 4.69. The fraction of sp³-hybridized carbons (Fsp3) is 0.417. The Hall–Kier alpha value is -1.61. The summed E-state index contributed by atoms with van der Waals surface area (Å²) in [5.41, 5.74) is -4.08. The summed E-state index contributed by atoms with van der Waals surface area (Å²) in [4.78, 5) is 12.0. The molecule has 0 fully saturated rings. The maximum atomic E-state index is 12.8. The first-order valence-corrected chi connectivity index (χ1v) is 7.47. The third-order valence-corrected chi connectivity index (χ3v) is 4.45. The SMILES string of the molecule is CCS(=O)(=O)N(C(=O)C(C)(O)C(F)(F)F)c1ccccc1. The molecule has 1 aromatic carbocycles. The smallest absolute Gasteiger partial charge is 0.373 e. The molecular formula is C12H14F3NO4S. The summed E-state index contributed by atoms with van der Waals surface area (Å²) >= 11 is 0. The van der Waals surface area contributed by atoms with Crippen LogP contribution in [0.4, 0.5) is 18.9 Å². The number of para-hydroxylation sites is 1. The largest absolute Gasteiger partial charge is 0.426 e. The number of hydrogen-bond acceptors (Lipinski definition) is 4. The minimum atomic E-state index is -5.31. The van der Waals surface area contributed by atoms with Crippen molar-refractivity contribution in [1.82, 2.24) is 0 Å². The van der Waals surface area contributed by atoms with E-state index in [9.17, 15) is 31.5 Å². The van der Waals surface area contributed by atoms with Crippen molar-refractivity contribution >= 4 is 21.6 Å². The van der Waals surface area contributed by atoms with E-state index in [1.165, 1.54) is 25.1 Å². The van der Waals surface area contributed by atoms with E-state index in [1.807, 2.05) is 0 Å². The molecule has 1 rings (SSSR count). The van der Waals surface area contributed by atoms with Crippen molar-refractivity contribution in [2.75, 3.05) is 10.1 Å². The van der Waals surface area contributed by atoms with Gasteiger partial charge < -0.3 is 5.11 Å². The van der Waals surface area contributed by atoms with Gasteiger partial charge in [0.2, 0.25) is 15.6 Å². The Morgan fingerprint density at radius 1 is 1.24 bits per heavy atom. The Morgan fingerprint density at radius 3 is 2.10 bits per heavy atom. The van der Waals surface area contributed by atoms with Crippen LogP contribution in [-0.4, -0.2) is 37.0 Å². The quantitative estimate of drug-likeness (QED) is 0.914.